The zero-order valence-electron chi connectivity index (χ0n) is 13.9. The minimum Gasteiger partial charge on any atom is -0.343 e. The second-order valence-electron chi connectivity index (χ2n) is 5.59. The molecule has 5 nitrogen and oxygen atoms in total. The summed E-state index contributed by atoms with van der Waals surface area (Å²) in [6, 6.07) is 12.8. The van der Waals surface area contributed by atoms with Gasteiger partial charge < -0.3 is 9.84 Å². The number of halogens is 2. The lowest BCUT2D eigenvalue weighted by Crippen LogP contribution is -2.20. The van der Waals surface area contributed by atoms with Crippen molar-refractivity contribution in [2.45, 2.75) is 13.5 Å². The maximum absolute atomic E-state index is 11.9. The molecule has 0 fully saturated rings. The van der Waals surface area contributed by atoms with Crippen molar-refractivity contribution >= 4 is 35.2 Å². The Morgan fingerprint density at radius 1 is 1.19 bits per heavy atom. The van der Waals surface area contributed by atoms with E-state index in [9.17, 15) is 4.79 Å². The highest BCUT2D eigenvalue weighted by Gasteiger charge is 2.09. The van der Waals surface area contributed by atoms with E-state index in [0.717, 1.165) is 11.1 Å². The monoisotopic (exact) mass is 387 g/mol. The lowest BCUT2D eigenvalue weighted by molar-refractivity contribution is -0.116. The van der Waals surface area contributed by atoms with Crippen LogP contribution in [0.5, 0.6) is 0 Å². The van der Waals surface area contributed by atoms with Crippen molar-refractivity contribution in [2.75, 3.05) is 0 Å². The Labute approximate surface area is 160 Å². The van der Waals surface area contributed by atoms with Crippen molar-refractivity contribution in [3.63, 3.8) is 0 Å². The van der Waals surface area contributed by atoms with Crippen LogP contribution in [0.4, 0.5) is 0 Å². The molecule has 1 heterocycles. The molecular weight excluding hydrogens is 373 g/mol. The number of hydrogen-bond donors (Lipinski definition) is 1. The average molecular weight is 388 g/mol. The molecule has 26 heavy (non-hydrogen) atoms. The Morgan fingerprint density at radius 3 is 2.69 bits per heavy atom. The van der Waals surface area contributed by atoms with E-state index in [1.807, 2.05) is 31.2 Å². The first kappa shape index (κ1) is 18.2. The lowest BCUT2D eigenvalue weighted by Gasteiger charge is -1.99. The summed E-state index contributed by atoms with van der Waals surface area (Å²) in [5.74, 6) is 0.510. The highest BCUT2D eigenvalue weighted by molar-refractivity contribution is 6.35. The summed E-state index contributed by atoms with van der Waals surface area (Å²) in [7, 11) is 0. The Bertz CT molecular complexity index is 950. The van der Waals surface area contributed by atoms with Crippen LogP contribution in [0.1, 0.15) is 17.0 Å². The number of carbonyl (C=O) groups excluding carboxylic acids is 1. The van der Waals surface area contributed by atoms with Gasteiger partial charge in [0.25, 0.3) is 0 Å². The van der Waals surface area contributed by atoms with Gasteiger partial charge >= 0.3 is 0 Å². The molecule has 3 rings (SSSR count). The number of amides is 1. The molecule has 0 radical (unpaired) electrons. The highest BCUT2D eigenvalue weighted by atomic mass is 35.5. The standard InChI is InChI=1S/C19H15Cl2N3O2/c1-12-2-4-14(5-3-12)19-23-18(26-24-19)11-22-17(25)9-7-13-6-8-15(20)10-16(13)21/h2-10H,11H2,1H3,(H,22,25)/b9-7+. The Kier molecular flexibility index (Phi) is 5.71. The quantitative estimate of drug-likeness (QED) is 0.645. The molecule has 2 aromatic carbocycles. The van der Waals surface area contributed by atoms with Gasteiger partial charge in [0.05, 0.1) is 6.54 Å². The third-order valence-electron chi connectivity index (χ3n) is 3.57. The van der Waals surface area contributed by atoms with Gasteiger partial charge in [-0.1, -0.05) is 64.3 Å². The van der Waals surface area contributed by atoms with Crippen LogP contribution in [0.2, 0.25) is 10.0 Å². The van der Waals surface area contributed by atoms with Crippen molar-refractivity contribution in [2.24, 2.45) is 0 Å². The predicted molar refractivity (Wildman–Crippen MR) is 102 cm³/mol. The summed E-state index contributed by atoms with van der Waals surface area (Å²) in [4.78, 5) is 16.2. The van der Waals surface area contributed by atoms with Crippen molar-refractivity contribution in [1.82, 2.24) is 15.5 Å². The van der Waals surface area contributed by atoms with Crippen LogP contribution >= 0.6 is 23.2 Å². The van der Waals surface area contributed by atoms with Gasteiger partial charge in [-0.25, -0.2) is 0 Å². The number of hydrogen-bond acceptors (Lipinski definition) is 4. The van der Waals surface area contributed by atoms with Gasteiger partial charge in [-0.15, -0.1) is 0 Å². The zero-order valence-corrected chi connectivity index (χ0v) is 15.4. The zero-order chi connectivity index (χ0) is 18.5. The maximum atomic E-state index is 11.9. The smallest absolute Gasteiger partial charge is 0.246 e. The number of aryl methyl sites for hydroxylation is 1. The van der Waals surface area contributed by atoms with E-state index in [0.29, 0.717) is 27.3 Å². The SMILES string of the molecule is Cc1ccc(-c2noc(CNC(=O)/C=C/c3ccc(Cl)cc3Cl)n2)cc1. The van der Waals surface area contributed by atoms with Crippen molar-refractivity contribution < 1.29 is 9.32 Å². The number of rotatable bonds is 5. The number of carbonyl (C=O) groups is 1. The van der Waals surface area contributed by atoms with Gasteiger partial charge in [0.15, 0.2) is 0 Å². The summed E-state index contributed by atoms with van der Waals surface area (Å²) in [5.41, 5.74) is 2.71. The van der Waals surface area contributed by atoms with Gasteiger partial charge in [-0.2, -0.15) is 4.98 Å². The van der Waals surface area contributed by atoms with E-state index in [-0.39, 0.29) is 12.5 Å². The molecule has 1 N–H and O–H groups in total. The number of nitrogens with zero attached hydrogens (tertiary/aromatic N) is 2. The first-order chi connectivity index (χ1) is 12.5. The Balaban J connectivity index is 1.58. The molecule has 0 spiro atoms. The van der Waals surface area contributed by atoms with Crippen LogP contribution in [0.25, 0.3) is 17.5 Å². The normalized spacial score (nSPS) is 11.0. The van der Waals surface area contributed by atoms with Crippen LogP contribution in [0.15, 0.2) is 53.1 Å². The summed E-state index contributed by atoms with van der Waals surface area (Å²) in [6.07, 6.45) is 2.99. The minimum absolute atomic E-state index is 0.135. The first-order valence-electron chi connectivity index (χ1n) is 7.82. The second kappa shape index (κ2) is 8.17. The van der Waals surface area contributed by atoms with E-state index < -0.39 is 0 Å². The Hall–Kier alpha value is -2.63. The molecule has 0 saturated heterocycles. The van der Waals surface area contributed by atoms with Crippen molar-refractivity contribution in [1.29, 1.82) is 0 Å². The summed E-state index contributed by atoms with van der Waals surface area (Å²) in [6.45, 7) is 2.14. The molecular formula is C19H15Cl2N3O2. The number of aromatic nitrogens is 2. The molecule has 132 valence electrons. The van der Waals surface area contributed by atoms with Gasteiger partial charge in [0.2, 0.25) is 17.6 Å². The molecule has 0 aliphatic carbocycles. The molecule has 3 aromatic rings. The van der Waals surface area contributed by atoms with Crippen LogP contribution in [0.3, 0.4) is 0 Å². The van der Waals surface area contributed by atoms with Crippen LogP contribution in [-0.2, 0) is 11.3 Å². The molecule has 0 atom stereocenters. The summed E-state index contributed by atoms with van der Waals surface area (Å²) >= 11 is 11.9. The fourth-order valence-electron chi connectivity index (χ4n) is 2.17. The molecule has 0 aliphatic heterocycles. The van der Waals surface area contributed by atoms with Crippen molar-refractivity contribution in [3.05, 3.63) is 75.6 Å². The lowest BCUT2D eigenvalue weighted by atomic mass is 10.1. The Morgan fingerprint density at radius 2 is 1.96 bits per heavy atom. The van der Waals surface area contributed by atoms with E-state index in [2.05, 4.69) is 15.5 Å². The second-order valence-corrected chi connectivity index (χ2v) is 6.44. The topological polar surface area (TPSA) is 68.0 Å². The van der Waals surface area contributed by atoms with Gasteiger partial charge in [0, 0.05) is 21.7 Å². The third-order valence-corrected chi connectivity index (χ3v) is 4.13. The predicted octanol–water partition coefficient (Wildman–Crippen LogP) is 4.68. The van der Waals surface area contributed by atoms with Crippen LogP contribution < -0.4 is 5.32 Å². The number of nitrogens with one attached hydrogen (secondary N) is 1. The van der Waals surface area contributed by atoms with Gasteiger partial charge in [0.1, 0.15) is 0 Å². The minimum atomic E-state index is -0.300. The average Bonchev–Trinajstić information content (AvgIpc) is 3.09. The van der Waals surface area contributed by atoms with E-state index >= 15 is 0 Å². The van der Waals surface area contributed by atoms with Gasteiger partial charge in [-0.05, 0) is 30.7 Å². The van der Waals surface area contributed by atoms with Crippen LogP contribution in [-0.4, -0.2) is 16.0 Å². The number of benzene rings is 2. The van der Waals surface area contributed by atoms with Crippen molar-refractivity contribution in [3.8, 4) is 11.4 Å². The fraction of sp³-hybridized carbons (Fsp3) is 0.105. The molecule has 1 amide bonds. The highest BCUT2D eigenvalue weighted by Crippen LogP contribution is 2.22. The molecule has 0 bridgehead atoms. The van der Waals surface area contributed by atoms with Gasteiger partial charge in [-0.3, -0.25) is 4.79 Å². The third kappa shape index (κ3) is 4.71. The van der Waals surface area contributed by atoms with E-state index in [1.165, 1.54) is 6.08 Å². The van der Waals surface area contributed by atoms with E-state index in [4.69, 9.17) is 27.7 Å². The van der Waals surface area contributed by atoms with E-state index in [1.54, 1.807) is 24.3 Å². The molecule has 1 aromatic heterocycles. The van der Waals surface area contributed by atoms with Crippen LogP contribution in [0, 0.1) is 6.92 Å². The molecule has 7 heteroatoms. The fourth-order valence-corrected chi connectivity index (χ4v) is 2.64. The molecule has 0 aliphatic rings. The molecule has 0 unspecified atom stereocenters. The maximum Gasteiger partial charge on any atom is 0.246 e. The summed E-state index contributed by atoms with van der Waals surface area (Å²) in [5, 5.41) is 7.62. The largest absolute Gasteiger partial charge is 0.343 e. The first-order valence-corrected chi connectivity index (χ1v) is 8.57. The summed E-state index contributed by atoms with van der Waals surface area (Å²) < 4.78 is 5.16. The molecule has 0 saturated carbocycles.